The molecule has 1 unspecified atom stereocenters. The molecule has 0 N–H and O–H groups in total. The highest BCUT2D eigenvalue weighted by molar-refractivity contribution is 5.79. The molecular formula is C35H48N2O5. The first-order valence-electron chi connectivity index (χ1n) is 15.4. The molecule has 42 heavy (non-hydrogen) atoms. The van der Waals surface area contributed by atoms with E-state index < -0.39 is 12.1 Å². The number of benzene rings is 2. The molecular weight excluding hydrogens is 528 g/mol. The fourth-order valence-electron chi connectivity index (χ4n) is 5.39. The Balaban J connectivity index is 2.33. The van der Waals surface area contributed by atoms with Crippen molar-refractivity contribution in [2.75, 3.05) is 27.4 Å². The summed E-state index contributed by atoms with van der Waals surface area (Å²) in [5.41, 5.74) is 7.16. The highest BCUT2D eigenvalue weighted by Gasteiger charge is 2.29. The van der Waals surface area contributed by atoms with E-state index in [1.165, 1.54) is 12.7 Å². The molecule has 3 rings (SSSR count). The van der Waals surface area contributed by atoms with Crippen LogP contribution < -0.4 is 9.47 Å². The Labute approximate surface area is 252 Å². The monoisotopic (exact) mass is 576 g/mol. The zero-order valence-corrected chi connectivity index (χ0v) is 26.5. The maximum atomic E-state index is 13.1. The molecule has 0 bridgehead atoms. The van der Waals surface area contributed by atoms with E-state index in [9.17, 15) is 4.79 Å². The Bertz CT molecular complexity index is 1290. The minimum Gasteiger partial charge on any atom is -0.475 e. The SMILES string of the molecule is CCCCc1nc(C)nc(OCCOC)c1-c1cc(CCC)c(OC(C(=O)OC)c2ccccc2)c(CCC)c1CC. The molecule has 7 heteroatoms. The largest absolute Gasteiger partial charge is 0.475 e. The van der Waals surface area contributed by atoms with Crippen molar-refractivity contribution >= 4 is 5.97 Å². The molecule has 228 valence electrons. The average molecular weight is 577 g/mol. The number of aryl methyl sites for hydroxylation is 3. The molecule has 7 nitrogen and oxygen atoms in total. The molecule has 0 amide bonds. The number of carbonyl (C=O) groups excluding carboxylic acids is 1. The van der Waals surface area contributed by atoms with Gasteiger partial charge >= 0.3 is 5.97 Å². The second-order valence-electron chi connectivity index (χ2n) is 10.5. The van der Waals surface area contributed by atoms with Crippen LogP contribution in [0.5, 0.6) is 11.6 Å². The Morgan fingerprint density at radius 3 is 2.24 bits per heavy atom. The summed E-state index contributed by atoms with van der Waals surface area (Å²) >= 11 is 0. The lowest BCUT2D eigenvalue weighted by Crippen LogP contribution is -2.22. The van der Waals surface area contributed by atoms with Crippen LogP contribution in [0.25, 0.3) is 11.1 Å². The summed E-state index contributed by atoms with van der Waals surface area (Å²) in [6.07, 6.45) is 6.28. The lowest BCUT2D eigenvalue weighted by Gasteiger charge is -2.26. The van der Waals surface area contributed by atoms with E-state index in [2.05, 4.69) is 33.8 Å². The van der Waals surface area contributed by atoms with Crippen LogP contribution in [0.15, 0.2) is 36.4 Å². The number of hydrogen-bond donors (Lipinski definition) is 0. The fourth-order valence-corrected chi connectivity index (χ4v) is 5.39. The van der Waals surface area contributed by atoms with Crippen LogP contribution in [0.2, 0.25) is 0 Å². The summed E-state index contributed by atoms with van der Waals surface area (Å²) in [7, 11) is 3.07. The maximum Gasteiger partial charge on any atom is 0.351 e. The van der Waals surface area contributed by atoms with Crippen molar-refractivity contribution in [3.8, 4) is 22.8 Å². The van der Waals surface area contributed by atoms with Gasteiger partial charge in [0.1, 0.15) is 18.2 Å². The third-order valence-corrected chi connectivity index (χ3v) is 7.33. The van der Waals surface area contributed by atoms with Crippen LogP contribution in [0.4, 0.5) is 0 Å². The van der Waals surface area contributed by atoms with Gasteiger partial charge in [-0.05, 0) is 67.3 Å². The van der Waals surface area contributed by atoms with Gasteiger partial charge in [-0.2, -0.15) is 4.98 Å². The third-order valence-electron chi connectivity index (χ3n) is 7.33. The topological polar surface area (TPSA) is 79.8 Å². The number of nitrogens with zero attached hydrogens (tertiary/aromatic N) is 2. The van der Waals surface area contributed by atoms with Crippen molar-refractivity contribution in [2.24, 2.45) is 0 Å². The smallest absolute Gasteiger partial charge is 0.351 e. The first-order valence-corrected chi connectivity index (χ1v) is 15.4. The minimum atomic E-state index is -0.867. The lowest BCUT2D eigenvalue weighted by atomic mass is 9.86. The summed E-state index contributed by atoms with van der Waals surface area (Å²) in [4.78, 5) is 22.8. The van der Waals surface area contributed by atoms with Crippen molar-refractivity contribution in [3.63, 3.8) is 0 Å². The molecule has 1 atom stereocenters. The van der Waals surface area contributed by atoms with E-state index in [1.807, 2.05) is 37.3 Å². The molecule has 0 aliphatic rings. The van der Waals surface area contributed by atoms with Gasteiger partial charge in [-0.25, -0.2) is 9.78 Å². The Morgan fingerprint density at radius 2 is 1.62 bits per heavy atom. The second kappa shape index (κ2) is 16.9. The molecule has 0 aliphatic heterocycles. The molecule has 3 aromatic rings. The summed E-state index contributed by atoms with van der Waals surface area (Å²) in [6.45, 7) is 11.5. The van der Waals surface area contributed by atoms with Gasteiger partial charge in [-0.3, -0.25) is 0 Å². The predicted octanol–water partition coefficient (Wildman–Crippen LogP) is 7.58. The van der Waals surface area contributed by atoms with E-state index in [1.54, 1.807) is 7.11 Å². The quantitative estimate of drug-likeness (QED) is 0.121. The summed E-state index contributed by atoms with van der Waals surface area (Å²) in [5, 5.41) is 0. The highest BCUT2D eigenvalue weighted by atomic mass is 16.6. The Hall–Kier alpha value is -3.45. The molecule has 1 aromatic heterocycles. The number of rotatable bonds is 17. The Kier molecular flexibility index (Phi) is 13.3. The zero-order chi connectivity index (χ0) is 30.5. The van der Waals surface area contributed by atoms with Crippen molar-refractivity contribution in [1.82, 2.24) is 9.97 Å². The first-order chi connectivity index (χ1) is 20.4. The van der Waals surface area contributed by atoms with Gasteiger partial charge in [0.2, 0.25) is 12.0 Å². The van der Waals surface area contributed by atoms with Crippen LogP contribution >= 0.6 is 0 Å². The van der Waals surface area contributed by atoms with Crippen LogP contribution in [-0.2, 0) is 40.0 Å². The van der Waals surface area contributed by atoms with Crippen molar-refractivity contribution < 1.29 is 23.7 Å². The van der Waals surface area contributed by atoms with E-state index in [4.69, 9.17) is 28.9 Å². The molecule has 0 spiro atoms. The molecule has 0 aliphatic carbocycles. The normalized spacial score (nSPS) is 11.8. The first kappa shape index (κ1) is 33.1. The predicted molar refractivity (Wildman–Crippen MR) is 167 cm³/mol. The summed E-state index contributed by atoms with van der Waals surface area (Å²) in [5.74, 6) is 1.65. The van der Waals surface area contributed by atoms with Gasteiger partial charge < -0.3 is 18.9 Å². The summed E-state index contributed by atoms with van der Waals surface area (Å²) < 4.78 is 23.5. The third kappa shape index (κ3) is 8.09. The zero-order valence-electron chi connectivity index (χ0n) is 26.5. The maximum absolute atomic E-state index is 13.1. The van der Waals surface area contributed by atoms with E-state index in [0.717, 1.165) is 90.6 Å². The molecule has 0 radical (unpaired) electrons. The van der Waals surface area contributed by atoms with Gasteiger partial charge in [0, 0.05) is 12.7 Å². The molecule has 2 aromatic carbocycles. The minimum absolute atomic E-state index is 0.400. The highest BCUT2D eigenvalue weighted by Crippen LogP contribution is 2.43. The van der Waals surface area contributed by atoms with Crippen molar-refractivity contribution in [1.29, 1.82) is 0 Å². The molecule has 1 heterocycles. The van der Waals surface area contributed by atoms with E-state index in [0.29, 0.717) is 24.9 Å². The van der Waals surface area contributed by atoms with Crippen LogP contribution in [0.3, 0.4) is 0 Å². The molecule has 0 saturated heterocycles. The van der Waals surface area contributed by atoms with Gasteiger partial charge in [0.15, 0.2) is 0 Å². The van der Waals surface area contributed by atoms with E-state index >= 15 is 0 Å². The van der Waals surface area contributed by atoms with Crippen molar-refractivity contribution in [3.05, 3.63) is 70.2 Å². The van der Waals surface area contributed by atoms with Crippen LogP contribution in [0, 0.1) is 6.92 Å². The van der Waals surface area contributed by atoms with Gasteiger partial charge in [0.05, 0.1) is 25.0 Å². The summed E-state index contributed by atoms with van der Waals surface area (Å²) in [6, 6.07) is 11.8. The van der Waals surface area contributed by atoms with Gasteiger partial charge in [-0.1, -0.05) is 77.3 Å². The number of aromatic nitrogens is 2. The number of unbranched alkanes of at least 4 members (excludes halogenated alkanes) is 1. The average Bonchev–Trinajstić information content (AvgIpc) is 3.00. The fraction of sp³-hybridized carbons (Fsp3) is 0.514. The van der Waals surface area contributed by atoms with Crippen LogP contribution in [0.1, 0.15) is 93.3 Å². The Morgan fingerprint density at radius 1 is 0.881 bits per heavy atom. The molecule has 0 fully saturated rings. The second-order valence-corrected chi connectivity index (χ2v) is 10.5. The number of methoxy groups -OCH3 is 2. The number of hydrogen-bond acceptors (Lipinski definition) is 7. The van der Waals surface area contributed by atoms with E-state index in [-0.39, 0.29) is 0 Å². The number of esters is 1. The van der Waals surface area contributed by atoms with Gasteiger partial charge in [0.25, 0.3) is 0 Å². The number of carbonyl (C=O) groups is 1. The standard InChI is InChI=1S/C35H48N2O5/c1-8-12-20-30-31(34(37-24(5)36-30)41-22-21-39-6)29-23-26(16-9-2)32(28(17-10-3)27(29)11-4)42-33(35(38)40-7)25-18-14-13-15-19-25/h13-15,18-19,23,33H,8-12,16-17,20-22H2,1-7H3. The lowest BCUT2D eigenvalue weighted by molar-refractivity contribution is -0.149. The van der Waals surface area contributed by atoms with Crippen molar-refractivity contribution in [2.45, 2.75) is 92.1 Å². The molecule has 0 saturated carbocycles. The number of ether oxygens (including phenoxy) is 4. The van der Waals surface area contributed by atoms with Gasteiger partial charge in [-0.15, -0.1) is 0 Å². The van der Waals surface area contributed by atoms with Crippen LogP contribution in [-0.4, -0.2) is 43.4 Å².